The summed E-state index contributed by atoms with van der Waals surface area (Å²) in [5.41, 5.74) is 0.656. The van der Waals surface area contributed by atoms with E-state index >= 15 is 0 Å². The van der Waals surface area contributed by atoms with Crippen molar-refractivity contribution in [2.75, 3.05) is 21.3 Å². The van der Waals surface area contributed by atoms with Crippen molar-refractivity contribution in [3.05, 3.63) is 35.9 Å². The van der Waals surface area contributed by atoms with Crippen molar-refractivity contribution in [2.45, 2.75) is 12.3 Å². The second-order valence-corrected chi connectivity index (χ2v) is 4.32. The van der Waals surface area contributed by atoms with Gasteiger partial charge < -0.3 is 14.2 Å². The van der Waals surface area contributed by atoms with Crippen LogP contribution in [0, 0.1) is 5.92 Å². The summed E-state index contributed by atoms with van der Waals surface area (Å²) in [6.45, 7) is 0. The van der Waals surface area contributed by atoms with Gasteiger partial charge in [0.2, 0.25) is 0 Å². The van der Waals surface area contributed by atoms with Crippen molar-refractivity contribution in [1.82, 2.24) is 0 Å². The predicted octanol–water partition coefficient (Wildman–Crippen LogP) is 1.30. The van der Waals surface area contributed by atoms with E-state index in [2.05, 4.69) is 14.2 Å². The molecule has 0 unspecified atom stereocenters. The van der Waals surface area contributed by atoms with Gasteiger partial charge >= 0.3 is 17.9 Å². The standard InChI is InChI=1S/C15H18O6/c1-19-12(16)9-11(10-7-5-4-6-8-10)13(14(17)20-2)15(18)21-3/h4-8,11,13H,9H2,1-3H3/t11-/m0/s1. The lowest BCUT2D eigenvalue weighted by molar-refractivity contribution is -0.160. The SMILES string of the molecule is COC(=O)C[C@@H](c1ccccc1)C(C(=O)OC)C(=O)OC. The van der Waals surface area contributed by atoms with Crippen LogP contribution in [0.5, 0.6) is 0 Å². The van der Waals surface area contributed by atoms with Crippen molar-refractivity contribution in [3.8, 4) is 0 Å². The van der Waals surface area contributed by atoms with Crippen LogP contribution in [-0.4, -0.2) is 39.2 Å². The summed E-state index contributed by atoms with van der Waals surface area (Å²) in [6, 6.07) is 8.76. The molecule has 0 radical (unpaired) electrons. The molecule has 1 rings (SSSR count). The van der Waals surface area contributed by atoms with E-state index in [0.717, 1.165) is 0 Å². The van der Waals surface area contributed by atoms with E-state index in [1.165, 1.54) is 21.3 Å². The van der Waals surface area contributed by atoms with Crippen molar-refractivity contribution in [3.63, 3.8) is 0 Å². The van der Waals surface area contributed by atoms with Crippen LogP contribution >= 0.6 is 0 Å². The molecule has 0 N–H and O–H groups in total. The molecule has 0 aliphatic rings. The van der Waals surface area contributed by atoms with Gasteiger partial charge in [-0.05, 0) is 5.56 Å². The molecule has 0 saturated carbocycles. The van der Waals surface area contributed by atoms with E-state index in [-0.39, 0.29) is 6.42 Å². The van der Waals surface area contributed by atoms with E-state index in [0.29, 0.717) is 5.56 Å². The van der Waals surface area contributed by atoms with Crippen molar-refractivity contribution < 1.29 is 28.6 Å². The van der Waals surface area contributed by atoms with E-state index in [4.69, 9.17) is 0 Å². The Labute approximate surface area is 123 Å². The van der Waals surface area contributed by atoms with Gasteiger partial charge in [0.15, 0.2) is 5.92 Å². The second-order valence-electron chi connectivity index (χ2n) is 4.32. The molecular formula is C15H18O6. The maximum atomic E-state index is 11.9. The van der Waals surface area contributed by atoms with E-state index in [1.807, 2.05) is 0 Å². The van der Waals surface area contributed by atoms with Crippen LogP contribution in [0.1, 0.15) is 17.9 Å². The quantitative estimate of drug-likeness (QED) is 0.447. The molecule has 6 nitrogen and oxygen atoms in total. The first kappa shape index (κ1) is 16.7. The minimum absolute atomic E-state index is 0.130. The zero-order valence-electron chi connectivity index (χ0n) is 12.2. The van der Waals surface area contributed by atoms with Crippen LogP contribution in [0.4, 0.5) is 0 Å². The topological polar surface area (TPSA) is 78.9 Å². The molecule has 0 aliphatic heterocycles. The Kier molecular flexibility index (Phi) is 6.39. The fourth-order valence-corrected chi connectivity index (χ4v) is 2.07. The average molecular weight is 294 g/mol. The fourth-order valence-electron chi connectivity index (χ4n) is 2.07. The molecule has 0 bridgehead atoms. The Morgan fingerprint density at radius 2 is 1.43 bits per heavy atom. The number of esters is 3. The first-order valence-corrected chi connectivity index (χ1v) is 6.32. The molecule has 6 heteroatoms. The summed E-state index contributed by atoms with van der Waals surface area (Å²) in [4.78, 5) is 35.4. The number of ether oxygens (including phenoxy) is 3. The molecule has 0 spiro atoms. The summed E-state index contributed by atoms with van der Waals surface area (Å²) in [6.07, 6.45) is -0.130. The molecule has 0 amide bonds. The number of benzene rings is 1. The average Bonchev–Trinajstić information content (AvgIpc) is 2.54. The van der Waals surface area contributed by atoms with Crippen LogP contribution in [0.25, 0.3) is 0 Å². The lowest BCUT2D eigenvalue weighted by atomic mass is 9.83. The molecule has 0 heterocycles. The normalized spacial score (nSPS) is 11.6. The van der Waals surface area contributed by atoms with Gasteiger partial charge in [0, 0.05) is 5.92 Å². The molecule has 114 valence electrons. The molecule has 1 atom stereocenters. The third-order valence-corrected chi connectivity index (χ3v) is 3.15. The molecule has 0 saturated heterocycles. The first-order chi connectivity index (χ1) is 10.0. The smallest absolute Gasteiger partial charge is 0.320 e. The third kappa shape index (κ3) is 4.30. The number of hydrogen-bond donors (Lipinski definition) is 0. The number of carbonyl (C=O) groups is 3. The van der Waals surface area contributed by atoms with Gasteiger partial charge in [-0.2, -0.15) is 0 Å². The van der Waals surface area contributed by atoms with Gasteiger partial charge in [-0.25, -0.2) is 0 Å². The highest BCUT2D eigenvalue weighted by Gasteiger charge is 2.39. The van der Waals surface area contributed by atoms with Crippen LogP contribution in [0.3, 0.4) is 0 Å². The molecule has 1 aromatic carbocycles. The highest BCUT2D eigenvalue weighted by molar-refractivity contribution is 5.96. The molecule has 0 aliphatic carbocycles. The van der Waals surface area contributed by atoms with Gasteiger partial charge in [0.25, 0.3) is 0 Å². The van der Waals surface area contributed by atoms with E-state index in [1.54, 1.807) is 30.3 Å². The van der Waals surface area contributed by atoms with Crippen molar-refractivity contribution in [2.24, 2.45) is 5.92 Å². The third-order valence-electron chi connectivity index (χ3n) is 3.15. The highest BCUT2D eigenvalue weighted by Crippen LogP contribution is 2.30. The molecule has 21 heavy (non-hydrogen) atoms. The van der Waals surface area contributed by atoms with Crippen LogP contribution < -0.4 is 0 Å². The molecule has 0 fully saturated rings. The Hall–Kier alpha value is -2.37. The first-order valence-electron chi connectivity index (χ1n) is 6.32. The predicted molar refractivity (Wildman–Crippen MR) is 73.3 cm³/mol. The Bertz CT molecular complexity index is 480. The molecular weight excluding hydrogens is 276 g/mol. The van der Waals surface area contributed by atoms with Crippen LogP contribution in [-0.2, 0) is 28.6 Å². The van der Waals surface area contributed by atoms with Crippen LogP contribution in [0.2, 0.25) is 0 Å². The number of hydrogen-bond acceptors (Lipinski definition) is 6. The monoisotopic (exact) mass is 294 g/mol. The fraction of sp³-hybridized carbons (Fsp3) is 0.400. The van der Waals surface area contributed by atoms with Gasteiger partial charge in [-0.1, -0.05) is 30.3 Å². The summed E-state index contributed by atoms with van der Waals surface area (Å²) in [5, 5.41) is 0. The van der Waals surface area contributed by atoms with Gasteiger partial charge in [-0.3, -0.25) is 14.4 Å². The van der Waals surface area contributed by atoms with Crippen molar-refractivity contribution in [1.29, 1.82) is 0 Å². The van der Waals surface area contributed by atoms with Crippen LogP contribution in [0.15, 0.2) is 30.3 Å². The number of carbonyl (C=O) groups excluding carboxylic acids is 3. The Morgan fingerprint density at radius 1 is 0.905 bits per heavy atom. The van der Waals surface area contributed by atoms with Gasteiger partial charge in [0.1, 0.15) is 0 Å². The Balaban J connectivity index is 3.21. The minimum atomic E-state index is -1.22. The second kappa shape index (κ2) is 8.04. The zero-order chi connectivity index (χ0) is 15.8. The highest BCUT2D eigenvalue weighted by atomic mass is 16.5. The molecule has 1 aromatic rings. The summed E-state index contributed by atoms with van der Waals surface area (Å²) in [7, 11) is 3.60. The Morgan fingerprint density at radius 3 is 1.86 bits per heavy atom. The zero-order valence-corrected chi connectivity index (χ0v) is 12.2. The minimum Gasteiger partial charge on any atom is -0.469 e. The van der Waals surface area contributed by atoms with E-state index < -0.39 is 29.7 Å². The van der Waals surface area contributed by atoms with Gasteiger partial charge in [-0.15, -0.1) is 0 Å². The number of rotatable bonds is 6. The lowest BCUT2D eigenvalue weighted by Gasteiger charge is -2.22. The largest absolute Gasteiger partial charge is 0.469 e. The van der Waals surface area contributed by atoms with Crippen molar-refractivity contribution >= 4 is 17.9 Å². The maximum Gasteiger partial charge on any atom is 0.320 e. The molecule has 0 aromatic heterocycles. The summed E-state index contributed by atoms with van der Waals surface area (Å²) < 4.78 is 14.0. The van der Waals surface area contributed by atoms with E-state index in [9.17, 15) is 14.4 Å². The maximum absolute atomic E-state index is 11.9. The van der Waals surface area contributed by atoms with Gasteiger partial charge in [0.05, 0.1) is 27.8 Å². The summed E-state index contributed by atoms with van der Waals surface area (Å²) in [5.74, 6) is -3.96. The lowest BCUT2D eigenvalue weighted by Crippen LogP contribution is -2.33. The summed E-state index contributed by atoms with van der Waals surface area (Å²) >= 11 is 0. The number of methoxy groups -OCH3 is 3.